The van der Waals surface area contributed by atoms with E-state index in [0.717, 1.165) is 15.4 Å². The molecule has 4 aromatic carbocycles. The molecule has 0 fully saturated rings. The van der Waals surface area contributed by atoms with Crippen molar-refractivity contribution in [3.63, 3.8) is 0 Å². The Balaban J connectivity index is 1.79. The van der Waals surface area contributed by atoms with Crippen LogP contribution in [0, 0.1) is 6.92 Å². The summed E-state index contributed by atoms with van der Waals surface area (Å²) in [5.74, 6) is -0.388. The third-order valence-electron chi connectivity index (χ3n) is 7.14. The van der Waals surface area contributed by atoms with Crippen molar-refractivity contribution in [2.75, 3.05) is 24.5 Å². The van der Waals surface area contributed by atoms with Crippen LogP contribution < -0.4 is 14.4 Å². The second kappa shape index (κ2) is 14.9. The van der Waals surface area contributed by atoms with Crippen molar-refractivity contribution in [3.8, 4) is 5.75 Å². The summed E-state index contributed by atoms with van der Waals surface area (Å²) in [6.45, 7) is 3.60. The maximum atomic E-state index is 14.4. The SMILES string of the molecule is CCOc1ccc(N(CC(=O)N(Cc2ccccc2Cl)[C@H](Cc2ccccc2)C(=O)NC)S(=O)(=O)c2ccc(C)cc2)cc1. The summed E-state index contributed by atoms with van der Waals surface area (Å²) in [5, 5.41) is 3.10. The molecule has 230 valence electrons. The minimum absolute atomic E-state index is 0.00881. The number of benzene rings is 4. The lowest BCUT2D eigenvalue weighted by molar-refractivity contribution is -0.139. The number of hydrogen-bond acceptors (Lipinski definition) is 5. The molecule has 4 aromatic rings. The molecule has 1 N–H and O–H groups in total. The van der Waals surface area contributed by atoms with Crippen LogP contribution in [0.25, 0.3) is 0 Å². The largest absolute Gasteiger partial charge is 0.494 e. The molecule has 0 aliphatic rings. The molecule has 0 aliphatic carbocycles. The number of carbonyl (C=O) groups excluding carboxylic acids is 2. The monoisotopic (exact) mass is 633 g/mol. The normalized spacial score (nSPS) is 11.8. The van der Waals surface area contributed by atoms with Crippen molar-refractivity contribution in [2.24, 2.45) is 0 Å². The topological polar surface area (TPSA) is 96.0 Å². The van der Waals surface area contributed by atoms with Gasteiger partial charge in [-0.1, -0.05) is 77.8 Å². The van der Waals surface area contributed by atoms with E-state index in [1.165, 1.54) is 24.1 Å². The van der Waals surface area contributed by atoms with Crippen LogP contribution in [0.15, 0.2) is 108 Å². The van der Waals surface area contributed by atoms with E-state index in [2.05, 4.69) is 5.32 Å². The van der Waals surface area contributed by atoms with E-state index in [4.69, 9.17) is 16.3 Å². The molecule has 1 atom stereocenters. The van der Waals surface area contributed by atoms with Crippen LogP contribution in [-0.2, 0) is 32.6 Å². The predicted molar refractivity (Wildman–Crippen MR) is 173 cm³/mol. The molecule has 0 aromatic heterocycles. The van der Waals surface area contributed by atoms with Crippen molar-refractivity contribution in [1.29, 1.82) is 0 Å². The Hall–Kier alpha value is -4.34. The number of sulfonamides is 1. The third kappa shape index (κ3) is 7.98. The number of hydrogen-bond donors (Lipinski definition) is 1. The highest BCUT2D eigenvalue weighted by molar-refractivity contribution is 7.92. The van der Waals surface area contributed by atoms with Gasteiger partial charge >= 0.3 is 0 Å². The molecule has 10 heteroatoms. The number of anilines is 1. The zero-order valence-electron chi connectivity index (χ0n) is 24.9. The fourth-order valence-corrected chi connectivity index (χ4v) is 6.38. The van der Waals surface area contributed by atoms with Gasteiger partial charge in [-0.2, -0.15) is 0 Å². The molecule has 0 bridgehead atoms. The lowest BCUT2D eigenvalue weighted by Crippen LogP contribution is -2.53. The predicted octanol–water partition coefficient (Wildman–Crippen LogP) is 5.63. The first-order chi connectivity index (χ1) is 21.1. The summed E-state index contributed by atoms with van der Waals surface area (Å²) in [6.07, 6.45) is 0.213. The molecule has 0 radical (unpaired) electrons. The minimum atomic E-state index is -4.20. The average molecular weight is 634 g/mol. The Kier molecular flexibility index (Phi) is 11.0. The molecule has 44 heavy (non-hydrogen) atoms. The third-order valence-corrected chi connectivity index (χ3v) is 9.30. The van der Waals surface area contributed by atoms with Gasteiger partial charge in [-0.05, 0) is 67.4 Å². The first kappa shape index (κ1) is 32.6. The van der Waals surface area contributed by atoms with Crippen molar-refractivity contribution >= 4 is 39.1 Å². The number of aryl methyl sites for hydroxylation is 1. The summed E-state index contributed by atoms with van der Waals surface area (Å²) < 4.78 is 34.8. The zero-order valence-corrected chi connectivity index (χ0v) is 26.5. The number of likely N-dealkylation sites (N-methyl/N-ethyl adjacent to an activating group) is 1. The standard InChI is InChI=1S/C34H36ClN3O5S/c1-4-43-29-18-16-28(17-19-29)38(44(41,42)30-20-14-25(2)15-21-30)24-33(39)37(23-27-12-8-9-13-31(27)35)32(34(40)36-3)22-26-10-6-5-7-11-26/h5-21,32H,4,22-24H2,1-3H3,(H,36,40)/t32-/m1/s1. The Morgan fingerprint density at radius 2 is 1.52 bits per heavy atom. The van der Waals surface area contributed by atoms with Gasteiger partial charge in [-0.3, -0.25) is 13.9 Å². The summed E-state index contributed by atoms with van der Waals surface area (Å²) in [4.78, 5) is 29.2. The van der Waals surface area contributed by atoms with Gasteiger partial charge in [0.25, 0.3) is 10.0 Å². The number of carbonyl (C=O) groups is 2. The first-order valence-electron chi connectivity index (χ1n) is 14.2. The maximum absolute atomic E-state index is 14.4. The Morgan fingerprint density at radius 3 is 2.14 bits per heavy atom. The lowest BCUT2D eigenvalue weighted by atomic mass is 10.0. The van der Waals surface area contributed by atoms with E-state index >= 15 is 0 Å². The molecule has 2 amide bonds. The van der Waals surface area contributed by atoms with Crippen LogP contribution in [0.5, 0.6) is 5.75 Å². The van der Waals surface area contributed by atoms with Crippen molar-refractivity contribution in [3.05, 3.63) is 125 Å². The smallest absolute Gasteiger partial charge is 0.264 e. The zero-order chi connectivity index (χ0) is 31.7. The maximum Gasteiger partial charge on any atom is 0.264 e. The highest BCUT2D eigenvalue weighted by Crippen LogP contribution is 2.28. The molecule has 0 saturated carbocycles. The quantitative estimate of drug-likeness (QED) is 0.206. The number of nitrogens with one attached hydrogen (secondary N) is 1. The molecule has 4 rings (SSSR count). The van der Waals surface area contributed by atoms with E-state index in [1.807, 2.05) is 44.2 Å². The van der Waals surface area contributed by atoms with E-state index in [-0.39, 0.29) is 29.5 Å². The number of rotatable bonds is 13. The van der Waals surface area contributed by atoms with Gasteiger partial charge < -0.3 is 15.0 Å². The van der Waals surface area contributed by atoms with Crippen LogP contribution in [0.2, 0.25) is 5.02 Å². The second-order valence-electron chi connectivity index (χ2n) is 10.2. The highest BCUT2D eigenvalue weighted by atomic mass is 35.5. The molecule has 0 heterocycles. The van der Waals surface area contributed by atoms with Gasteiger partial charge in [-0.25, -0.2) is 8.42 Å². The summed E-state index contributed by atoms with van der Waals surface area (Å²) >= 11 is 6.50. The second-order valence-corrected chi connectivity index (χ2v) is 12.5. The van der Waals surface area contributed by atoms with Crippen LogP contribution >= 0.6 is 11.6 Å². The Labute approximate surface area is 264 Å². The molecule has 0 aliphatic heterocycles. The molecule has 0 spiro atoms. The van der Waals surface area contributed by atoms with Crippen LogP contribution in [-0.4, -0.2) is 51.4 Å². The van der Waals surface area contributed by atoms with Crippen molar-refractivity contribution < 1.29 is 22.7 Å². The van der Waals surface area contributed by atoms with Crippen molar-refractivity contribution in [1.82, 2.24) is 10.2 Å². The van der Waals surface area contributed by atoms with Gasteiger partial charge in [0.05, 0.1) is 17.2 Å². The summed E-state index contributed by atoms with van der Waals surface area (Å²) in [7, 11) is -2.69. The Bertz CT molecular complexity index is 1660. The van der Waals surface area contributed by atoms with E-state index in [9.17, 15) is 18.0 Å². The van der Waals surface area contributed by atoms with E-state index < -0.39 is 28.5 Å². The fraction of sp³-hybridized carbons (Fsp3) is 0.235. The average Bonchev–Trinajstić information content (AvgIpc) is 3.03. The highest BCUT2D eigenvalue weighted by Gasteiger charge is 2.34. The lowest BCUT2D eigenvalue weighted by Gasteiger charge is -2.33. The van der Waals surface area contributed by atoms with Gasteiger partial charge in [0.1, 0.15) is 18.3 Å². The first-order valence-corrected chi connectivity index (χ1v) is 16.1. The number of nitrogens with zero attached hydrogens (tertiary/aromatic N) is 2. The number of halogens is 1. The number of ether oxygens (including phenoxy) is 1. The van der Waals surface area contributed by atoms with Crippen molar-refractivity contribution in [2.45, 2.75) is 37.8 Å². The molecule has 0 unspecified atom stereocenters. The molecular weight excluding hydrogens is 598 g/mol. The van der Waals surface area contributed by atoms with E-state index in [0.29, 0.717) is 22.9 Å². The van der Waals surface area contributed by atoms with E-state index in [1.54, 1.807) is 60.7 Å². The van der Waals surface area contributed by atoms with Gasteiger partial charge in [-0.15, -0.1) is 0 Å². The Morgan fingerprint density at radius 1 is 0.886 bits per heavy atom. The molecule has 8 nitrogen and oxygen atoms in total. The molecule has 0 saturated heterocycles. The van der Waals surface area contributed by atoms with Crippen LogP contribution in [0.3, 0.4) is 0 Å². The summed E-state index contributed by atoms with van der Waals surface area (Å²) in [5.41, 5.74) is 2.64. The summed E-state index contributed by atoms with van der Waals surface area (Å²) in [6, 6.07) is 28.4. The number of amides is 2. The van der Waals surface area contributed by atoms with Crippen LogP contribution in [0.4, 0.5) is 5.69 Å². The minimum Gasteiger partial charge on any atom is -0.494 e. The molecular formula is C34H36ClN3O5S. The van der Waals surface area contributed by atoms with Gasteiger partial charge in [0.2, 0.25) is 11.8 Å². The van der Waals surface area contributed by atoms with Gasteiger partial charge in [0, 0.05) is 25.0 Å². The van der Waals surface area contributed by atoms with Gasteiger partial charge in [0.15, 0.2) is 0 Å². The fourth-order valence-electron chi connectivity index (χ4n) is 4.77. The van der Waals surface area contributed by atoms with Crippen LogP contribution in [0.1, 0.15) is 23.6 Å².